The first-order valence-electron chi connectivity index (χ1n) is 3.91. The molecule has 0 radical (unpaired) electrons. The van der Waals surface area contributed by atoms with Gasteiger partial charge in [-0.25, -0.2) is 0 Å². The van der Waals surface area contributed by atoms with E-state index in [1.165, 1.54) is 13.3 Å². The molecule has 1 rings (SSSR count). The normalized spacial score (nSPS) is 28.7. The van der Waals surface area contributed by atoms with Crippen molar-refractivity contribution in [3.63, 3.8) is 0 Å². The van der Waals surface area contributed by atoms with Crippen molar-refractivity contribution in [2.75, 3.05) is 20.7 Å². The number of carbonyl (C=O) groups is 1. The molecule has 1 aliphatic rings. The summed E-state index contributed by atoms with van der Waals surface area (Å²) in [6, 6.07) is 0.634. The summed E-state index contributed by atoms with van der Waals surface area (Å²) in [7, 11) is 4.11. The SMILES string of the molecule is CC(=O)OC[C@@H]1C[C@H]1N(C)C. The third-order valence-corrected chi connectivity index (χ3v) is 2.05. The fourth-order valence-corrected chi connectivity index (χ4v) is 1.27. The molecule has 1 aliphatic carbocycles. The summed E-state index contributed by atoms with van der Waals surface area (Å²) in [6.45, 7) is 2.05. The van der Waals surface area contributed by atoms with Crippen LogP contribution in [0.5, 0.6) is 0 Å². The molecule has 3 heteroatoms. The Bertz CT molecular complexity index is 156. The van der Waals surface area contributed by atoms with E-state index < -0.39 is 0 Å². The summed E-state index contributed by atoms with van der Waals surface area (Å²) in [5.41, 5.74) is 0. The third-order valence-electron chi connectivity index (χ3n) is 2.05. The van der Waals surface area contributed by atoms with Gasteiger partial charge in [0, 0.05) is 18.9 Å². The van der Waals surface area contributed by atoms with E-state index in [9.17, 15) is 4.79 Å². The molecule has 0 aliphatic heterocycles. The molecule has 3 nitrogen and oxygen atoms in total. The highest BCUT2D eigenvalue weighted by Crippen LogP contribution is 2.34. The minimum atomic E-state index is -0.172. The lowest BCUT2D eigenvalue weighted by Crippen LogP contribution is -2.18. The van der Waals surface area contributed by atoms with Crippen LogP contribution >= 0.6 is 0 Å². The van der Waals surface area contributed by atoms with Gasteiger partial charge in [0.1, 0.15) is 0 Å². The van der Waals surface area contributed by atoms with Gasteiger partial charge in [0.15, 0.2) is 0 Å². The average Bonchev–Trinajstić information content (AvgIpc) is 2.61. The lowest BCUT2D eigenvalue weighted by molar-refractivity contribution is -0.141. The highest BCUT2D eigenvalue weighted by Gasteiger charge is 2.39. The van der Waals surface area contributed by atoms with Crippen molar-refractivity contribution in [1.82, 2.24) is 4.90 Å². The lowest BCUT2D eigenvalue weighted by atomic mass is 10.4. The second-order valence-corrected chi connectivity index (χ2v) is 3.33. The number of rotatable bonds is 3. The second-order valence-electron chi connectivity index (χ2n) is 3.33. The van der Waals surface area contributed by atoms with Crippen LogP contribution in [0.1, 0.15) is 13.3 Å². The number of hydrogen-bond donors (Lipinski definition) is 0. The molecule has 64 valence electrons. The summed E-state index contributed by atoms with van der Waals surface area (Å²) in [6.07, 6.45) is 1.17. The molecule has 0 saturated heterocycles. The molecule has 0 unspecified atom stereocenters. The molecule has 1 saturated carbocycles. The minimum absolute atomic E-state index is 0.172. The Hall–Kier alpha value is -0.570. The number of carbonyl (C=O) groups excluding carboxylic acids is 1. The van der Waals surface area contributed by atoms with Gasteiger partial charge in [-0.3, -0.25) is 4.79 Å². The van der Waals surface area contributed by atoms with Crippen molar-refractivity contribution in [2.45, 2.75) is 19.4 Å². The smallest absolute Gasteiger partial charge is 0.302 e. The fraction of sp³-hybridized carbons (Fsp3) is 0.875. The summed E-state index contributed by atoms with van der Waals surface area (Å²) >= 11 is 0. The second kappa shape index (κ2) is 3.22. The Morgan fingerprint density at radius 3 is 2.64 bits per heavy atom. The molecular formula is C8H15NO2. The van der Waals surface area contributed by atoms with Gasteiger partial charge < -0.3 is 9.64 Å². The highest BCUT2D eigenvalue weighted by molar-refractivity contribution is 5.65. The largest absolute Gasteiger partial charge is 0.466 e. The molecule has 11 heavy (non-hydrogen) atoms. The lowest BCUT2D eigenvalue weighted by Gasteiger charge is -2.07. The zero-order chi connectivity index (χ0) is 8.43. The molecule has 0 aromatic rings. The van der Waals surface area contributed by atoms with E-state index in [1.807, 2.05) is 0 Å². The topological polar surface area (TPSA) is 29.5 Å². The van der Waals surface area contributed by atoms with E-state index in [0.29, 0.717) is 18.6 Å². The Balaban J connectivity index is 2.09. The van der Waals surface area contributed by atoms with E-state index in [2.05, 4.69) is 19.0 Å². The monoisotopic (exact) mass is 157 g/mol. The molecule has 0 N–H and O–H groups in total. The molecule has 0 aromatic heterocycles. The van der Waals surface area contributed by atoms with Crippen molar-refractivity contribution < 1.29 is 9.53 Å². The fourth-order valence-electron chi connectivity index (χ4n) is 1.27. The highest BCUT2D eigenvalue weighted by atomic mass is 16.5. The molecular weight excluding hydrogens is 142 g/mol. The van der Waals surface area contributed by atoms with Gasteiger partial charge in [0.2, 0.25) is 0 Å². The summed E-state index contributed by atoms with van der Waals surface area (Å²) in [4.78, 5) is 12.6. The van der Waals surface area contributed by atoms with Crippen LogP contribution in [0.25, 0.3) is 0 Å². The van der Waals surface area contributed by atoms with E-state index in [1.54, 1.807) is 0 Å². The summed E-state index contributed by atoms with van der Waals surface area (Å²) in [5.74, 6) is 0.406. The molecule has 0 spiro atoms. The van der Waals surface area contributed by atoms with Gasteiger partial charge in [0.25, 0.3) is 0 Å². The van der Waals surface area contributed by atoms with Gasteiger partial charge in [-0.2, -0.15) is 0 Å². The number of nitrogens with zero attached hydrogens (tertiary/aromatic N) is 1. The molecule has 0 bridgehead atoms. The van der Waals surface area contributed by atoms with Crippen LogP contribution < -0.4 is 0 Å². The molecule has 0 aromatic carbocycles. The number of hydrogen-bond acceptors (Lipinski definition) is 3. The average molecular weight is 157 g/mol. The first-order chi connectivity index (χ1) is 5.11. The quantitative estimate of drug-likeness (QED) is 0.559. The van der Waals surface area contributed by atoms with Crippen LogP contribution in [0.15, 0.2) is 0 Å². The van der Waals surface area contributed by atoms with Crippen molar-refractivity contribution in [3.05, 3.63) is 0 Å². The van der Waals surface area contributed by atoms with Crippen LogP contribution in [0, 0.1) is 5.92 Å². The van der Waals surface area contributed by atoms with E-state index in [0.717, 1.165) is 0 Å². The van der Waals surface area contributed by atoms with Gasteiger partial charge in [-0.1, -0.05) is 0 Å². The summed E-state index contributed by atoms with van der Waals surface area (Å²) in [5, 5.41) is 0. The Kier molecular flexibility index (Phi) is 2.49. The minimum Gasteiger partial charge on any atom is -0.466 e. The predicted molar refractivity (Wildman–Crippen MR) is 42.2 cm³/mol. The number of esters is 1. The number of ether oxygens (including phenoxy) is 1. The molecule has 0 heterocycles. The standard InChI is InChI=1S/C8H15NO2/c1-6(10)11-5-7-4-8(7)9(2)3/h7-8H,4-5H2,1-3H3/t7-,8+/m0/s1. The Labute approximate surface area is 67.3 Å². The van der Waals surface area contributed by atoms with E-state index in [-0.39, 0.29) is 5.97 Å². The molecule has 0 amide bonds. The molecule has 1 fully saturated rings. The Morgan fingerprint density at radius 2 is 2.27 bits per heavy atom. The van der Waals surface area contributed by atoms with Gasteiger partial charge in [-0.15, -0.1) is 0 Å². The van der Waals surface area contributed by atoms with Crippen LogP contribution in [-0.2, 0) is 9.53 Å². The maximum atomic E-state index is 10.4. The zero-order valence-electron chi connectivity index (χ0n) is 7.33. The van der Waals surface area contributed by atoms with Gasteiger partial charge in [0.05, 0.1) is 6.61 Å². The maximum Gasteiger partial charge on any atom is 0.302 e. The van der Waals surface area contributed by atoms with Crippen LogP contribution in [-0.4, -0.2) is 37.6 Å². The first kappa shape index (κ1) is 8.53. The first-order valence-corrected chi connectivity index (χ1v) is 3.91. The maximum absolute atomic E-state index is 10.4. The van der Waals surface area contributed by atoms with Crippen molar-refractivity contribution in [2.24, 2.45) is 5.92 Å². The summed E-state index contributed by atoms with van der Waals surface area (Å²) < 4.78 is 4.88. The predicted octanol–water partition coefficient (Wildman–Crippen LogP) is 0.500. The van der Waals surface area contributed by atoms with Crippen molar-refractivity contribution in [1.29, 1.82) is 0 Å². The van der Waals surface area contributed by atoms with Crippen LogP contribution in [0.2, 0.25) is 0 Å². The van der Waals surface area contributed by atoms with Crippen molar-refractivity contribution in [3.8, 4) is 0 Å². The van der Waals surface area contributed by atoms with Crippen molar-refractivity contribution >= 4 is 5.97 Å². The van der Waals surface area contributed by atoms with E-state index >= 15 is 0 Å². The molecule has 2 atom stereocenters. The van der Waals surface area contributed by atoms with Crippen LogP contribution in [0.3, 0.4) is 0 Å². The van der Waals surface area contributed by atoms with Gasteiger partial charge in [-0.05, 0) is 20.5 Å². The van der Waals surface area contributed by atoms with E-state index in [4.69, 9.17) is 4.74 Å². The third kappa shape index (κ3) is 2.50. The zero-order valence-corrected chi connectivity index (χ0v) is 7.33. The Morgan fingerprint density at radius 1 is 1.64 bits per heavy atom. The van der Waals surface area contributed by atoms with Crippen LogP contribution in [0.4, 0.5) is 0 Å². The van der Waals surface area contributed by atoms with Gasteiger partial charge >= 0.3 is 5.97 Å².